The molecule has 0 radical (unpaired) electrons. The van der Waals surface area contributed by atoms with E-state index in [1.54, 1.807) is 24.2 Å². The maximum Gasteiger partial charge on any atom is 0.272 e. The molecule has 4 rings (SSSR count). The number of imidazole rings is 1. The molecule has 0 N–H and O–H groups in total. The molecule has 0 aliphatic heterocycles. The van der Waals surface area contributed by atoms with Gasteiger partial charge in [-0.2, -0.15) is 0 Å². The van der Waals surface area contributed by atoms with Crippen LogP contribution in [0.1, 0.15) is 53.6 Å². The Hall–Kier alpha value is -3.47. The van der Waals surface area contributed by atoms with Gasteiger partial charge in [-0.3, -0.25) is 9.78 Å². The van der Waals surface area contributed by atoms with E-state index in [2.05, 4.69) is 53.7 Å². The molecule has 5 heteroatoms. The highest BCUT2D eigenvalue weighted by atomic mass is 16.2. The summed E-state index contributed by atoms with van der Waals surface area (Å²) in [7, 11) is 1.79. The third-order valence-electron chi connectivity index (χ3n) is 5.84. The average Bonchev–Trinajstić information content (AvgIpc) is 3.15. The molecule has 0 bridgehead atoms. The molecule has 5 nitrogen and oxygen atoms in total. The first-order chi connectivity index (χ1) is 15.1. The van der Waals surface area contributed by atoms with Gasteiger partial charge in [0.2, 0.25) is 0 Å². The zero-order valence-corrected chi connectivity index (χ0v) is 18.3. The molecule has 1 unspecified atom stereocenters. The Labute approximate surface area is 183 Å². The molecule has 0 spiro atoms. The Bertz CT molecular complexity index is 1170. The lowest BCUT2D eigenvalue weighted by Crippen LogP contribution is -2.28. The molecule has 0 saturated carbocycles. The van der Waals surface area contributed by atoms with Crippen LogP contribution in [0.4, 0.5) is 0 Å². The number of rotatable bonds is 7. The van der Waals surface area contributed by atoms with Crippen LogP contribution in [-0.4, -0.2) is 32.4 Å². The van der Waals surface area contributed by atoms with E-state index in [4.69, 9.17) is 4.98 Å². The molecule has 2 heterocycles. The maximum atomic E-state index is 12.8. The highest BCUT2D eigenvalue weighted by Gasteiger charge is 2.18. The van der Waals surface area contributed by atoms with E-state index >= 15 is 0 Å². The summed E-state index contributed by atoms with van der Waals surface area (Å²) in [6.45, 7) is 5.59. The Morgan fingerprint density at radius 1 is 1.03 bits per heavy atom. The van der Waals surface area contributed by atoms with Crippen LogP contribution in [0.15, 0.2) is 72.9 Å². The SMILES string of the molecule is CCC(C)c1ccc(Cn2c(CN(C)C(=O)c3ccccn3)nc3ccccc32)cc1. The number of benzene rings is 2. The summed E-state index contributed by atoms with van der Waals surface area (Å²) in [6.07, 6.45) is 2.77. The van der Waals surface area contributed by atoms with E-state index < -0.39 is 0 Å². The standard InChI is InChI=1S/C26H28N4O/c1-4-19(2)21-14-12-20(13-15-21)17-30-24-11-6-5-9-22(24)28-25(30)18-29(3)26(31)23-10-7-8-16-27-23/h5-16,19H,4,17-18H2,1-3H3. The van der Waals surface area contributed by atoms with E-state index in [0.717, 1.165) is 23.3 Å². The number of pyridine rings is 1. The van der Waals surface area contributed by atoms with E-state index in [1.807, 2.05) is 30.3 Å². The third kappa shape index (κ3) is 4.50. The first-order valence-corrected chi connectivity index (χ1v) is 10.8. The normalized spacial score (nSPS) is 12.1. The highest BCUT2D eigenvalue weighted by Crippen LogP contribution is 2.22. The summed E-state index contributed by atoms with van der Waals surface area (Å²) in [4.78, 5) is 23.5. The Morgan fingerprint density at radius 3 is 2.48 bits per heavy atom. The van der Waals surface area contributed by atoms with Crippen LogP contribution in [0.3, 0.4) is 0 Å². The van der Waals surface area contributed by atoms with E-state index in [0.29, 0.717) is 24.7 Å². The topological polar surface area (TPSA) is 51.0 Å². The van der Waals surface area contributed by atoms with Crippen LogP contribution in [0.25, 0.3) is 11.0 Å². The van der Waals surface area contributed by atoms with Gasteiger partial charge in [0.15, 0.2) is 0 Å². The monoisotopic (exact) mass is 412 g/mol. The predicted molar refractivity (Wildman–Crippen MR) is 124 cm³/mol. The lowest BCUT2D eigenvalue weighted by Gasteiger charge is -2.18. The van der Waals surface area contributed by atoms with Crippen LogP contribution in [-0.2, 0) is 13.1 Å². The van der Waals surface area contributed by atoms with Crippen molar-refractivity contribution in [2.24, 2.45) is 0 Å². The van der Waals surface area contributed by atoms with Crippen molar-refractivity contribution in [3.8, 4) is 0 Å². The lowest BCUT2D eigenvalue weighted by atomic mass is 9.98. The molecular formula is C26H28N4O. The second kappa shape index (κ2) is 9.13. The summed E-state index contributed by atoms with van der Waals surface area (Å²) in [5.74, 6) is 1.31. The molecule has 4 aromatic rings. The van der Waals surface area contributed by atoms with Crippen molar-refractivity contribution in [1.29, 1.82) is 0 Å². The summed E-state index contributed by atoms with van der Waals surface area (Å²) < 4.78 is 2.20. The number of carbonyl (C=O) groups excluding carboxylic acids is 1. The highest BCUT2D eigenvalue weighted by molar-refractivity contribution is 5.92. The number of carbonyl (C=O) groups is 1. The van der Waals surface area contributed by atoms with Gasteiger partial charge in [-0.25, -0.2) is 4.98 Å². The van der Waals surface area contributed by atoms with Gasteiger partial charge in [-0.15, -0.1) is 0 Å². The predicted octanol–water partition coefficient (Wildman–Crippen LogP) is 5.27. The largest absolute Gasteiger partial charge is 0.333 e. The summed E-state index contributed by atoms with van der Waals surface area (Å²) >= 11 is 0. The van der Waals surface area contributed by atoms with Gasteiger partial charge in [-0.1, -0.05) is 56.3 Å². The molecule has 0 saturated heterocycles. The minimum Gasteiger partial charge on any atom is -0.333 e. The van der Waals surface area contributed by atoms with Gasteiger partial charge in [0, 0.05) is 19.8 Å². The van der Waals surface area contributed by atoms with Crippen molar-refractivity contribution >= 4 is 16.9 Å². The second-order valence-electron chi connectivity index (χ2n) is 8.03. The van der Waals surface area contributed by atoms with Gasteiger partial charge in [-0.05, 0) is 47.7 Å². The number of hydrogen-bond donors (Lipinski definition) is 0. The van der Waals surface area contributed by atoms with Crippen LogP contribution in [0.5, 0.6) is 0 Å². The van der Waals surface area contributed by atoms with Crippen molar-refractivity contribution in [3.05, 3.63) is 95.6 Å². The fraction of sp³-hybridized carbons (Fsp3) is 0.269. The van der Waals surface area contributed by atoms with Gasteiger partial charge in [0.05, 0.1) is 17.6 Å². The fourth-order valence-corrected chi connectivity index (χ4v) is 3.76. The molecule has 31 heavy (non-hydrogen) atoms. The smallest absolute Gasteiger partial charge is 0.272 e. The fourth-order valence-electron chi connectivity index (χ4n) is 3.76. The van der Waals surface area contributed by atoms with Crippen LogP contribution >= 0.6 is 0 Å². The second-order valence-corrected chi connectivity index (χ2v) is 8.03. The van der Waals surface area contributed by atoms with Gasteiger partial charge < -0.3 is 9.47 Å². The summed E-state index contributed by atoms with van der Waals surface area (Å²) in [5.41, 5.74) is 5.03. The average molecular weight is 413 g/mol. The first kappa shape index (κ1) is 20.8. The number of fused-ring (bicyclic) bond motifs is 1. The zero-order chi connectivity index (χ0) is 21.8. The lowest BCUT2D eigenvalue weighted by molar-refractivity contribution is 0.0774. The van der Waals surface area contributed by atoms with Crippen molar-refractivity contribution in [2.45, 2.75) is 39.3 Å². The number of hydrogen-bond acceptors (Lipinski definition) is 3. The van der Waals surface area contributed by atoms with E-state index in [1.165, 1.54) is 11.1 Å². The molecule has 1 amide bonds. The van der Waals surface area contributed by atoms with E-state index in [-0.39, 0.29) is 5.91 Å². The van der Waals surface area contributed by atoms with Crippen molar-refractivity contribution in [3.63, 3.8) is 0 Å². The summed E-state index contributed by atoms with van der Waals surface area (Å²) in [6, 6.07) is 22.3. The molecule has 1 atom stereocenters. The molecule has 158 valence electrons. The zero-order valence-electron chi connectivity index (χ0n) is 18.3. The molecule has 0 aliphatic rings. The van der Waals surface area contributed by atoms with Crippen LogP contribution < -0.4 is 0 Å². The first-order valence-electron chi connectivity index (χ1n) is 10.8. The molecule has 2 aromatic carbocycles. The van der Waals surface area contributed by atoms with Crippen molar-refractivity contribution in [2.75, 3.05) is 7.05 Å². The third-order valence-corrected chi connectivity index (χ3v) is 5.84. The minimum atomic E-state index is -0.114. The van der Waals surface area contributed by atoms with Crippen LogP contribution in [0, 0.1) is 0 Å². The van der Waals surface area contributed by atoms with Gasteiger partial charge in [0.1, 0.15) is 11.5 Å². The molecule has 0 aliphatic carbocycles. The molecule has 0 fully saturated rings. The van der Waals surface area contributed by atoms with Gasteiger partial charge in [0.25, 0.3) is 5.91 Å². The Kier molecular flexibility index (Phi) is 6.12. The van der Waals surface area contributed by atoms with Crippen molar-refractivity contribution in [1.82, 2.24) is 19.4 Å². The minimum absolute atomic E-state index is 0.114. The Morgan fingerprint density at radius 2 is 1.77 bits per heavy atom. The van der Waals surface area contributed by atoms with E-state index in [9.17, 15) is 4.79 Å². The number of aromatic nitrogens is 3. The molecule has 2 aromatic heterocycles. The summed E-state index contributed by atoms with van der Waals surface area (Å²) in [5, 5.41) is 0. The number of para-hydroxylation sites is 2. The number of amides is 1. The maximum absolute atomic E-state index is 12.8. The number of nitrogens with zero attached hydrogens (tertiary/aromatic N) is 4. The van der Waals surface area contributed by atoms with Gasteiger partial charge >= 0.3 is 0 Å². The Balaban J connectivity index is 1.62. The van der Waals surface area contributed by atoms with Crippen molar-refractivity contribution < 1.29 is 4.79 Å². The van der Waals surface area contributed by atoms with Crippen LogP contribution in [0.2, 0.25) is 0 Å². The molecular weight excluding hydrogens is 384 g/mol. The quantitative estimate of drug-likeness (QED) is 0.416.